The average Bonchev–Trinajstić information content (AvgIpc) is 2.85. The van der Waals surface area contributed by atoms with Crippen LogP contribution in [0.25, 0.3) is 0 Å². The fourth-order valence-electron chi connectivity index (χ4n) is 4.71. The third kappa shape index (κ3) is 5.56. The zero-order valence-corrected chi connectivity index (χ0v) is 20.5. The van der Waals surface area contributed by atoms with Crippen LogP contribution in [-0.2, 0) is 6.42 Å². The Labute approximate surface area is 201 Å². The summed E-state index contributed by atoms with van der Waals surface area (Å²) in [5.41, 5.74) is 5.63. The smallest absolute Gasteiger partial charge is 0.119 e. The van der Waals surface area contributed by atoms with Crippen LogP contribution in [0.3, 0.4) is 0 Å². The van der Waals surface area contributed by atoms with Gasteiger partial charge < -0.3 is 9.47 Å². The minimum absolute atomic E-state index is 0.336. The van der Waals surface area contributed by atoms with Crippen LogP contribution in [0.5, 0.6) is 11.5 Å². The number of hydrogen-bond acceptors (Lipinski definition) is 2. The van der Waals surface area contributed by atoms with Crippen LogP contribution in [0.2, 0.25) is 0 Å². The standard InChI is InChI=1S/C29H33BrO2/c1-2-3-19-32-26-15-17-28-24(21-26)12-16-27(22-8-5-4-6-9-22)29(28)23-10-13-25(14-11-23)31-20-7-18-30/h4-6,8-11,13-15,17,21,27,29H,2-3,7,12,16,18-20H2,1H3/t27-,29+/m0/s1. The molecule has 1 aliphatic carbocycles. The normalized spacial score (nSPS) is 17.6. The van der Waals surface area contributed by atoms with E-state index >= 15 is 0 Å². The van der Waals surface area contributed by atoms with Gasteiger partial charge in [0.15, 0.2) is 0 Å². The predicted octanol–water partition coefficient (Wildman–Crippen LogP) is 7.89. The van der Waals surface area contributed by atoms with Crippen molar-refractivity contribution < 1.29 is 9.47 Å². The van der Waals surface area contributed by atoms with Gasteiger partial charge in [-0.05, 0) is 78.1 Å². The summed E-state index contributed by atoms with van der Waals surface area (Å²) >= 11 is 3.46. The second kappa shape index (κ2) is 11.6. The molecule has 0 aliphatic heterocycles. The number of fused-ring (bicyclic) bond motifs is 1. The molecule has 0 amide bonds. The van der Waals surface area contributed by atoms with Gasteiger partial charge in [-0.15, -0.1) is 0 Å². The van der Waals surface area contributed by atoms with E-state index in [9.17, 15) is 0 Å². The number of ether oxygens (including phenoxy) is 2. The lowest BCUT2D eigenvalue weighted by atomic mass is 9.69. The SMILES string of the molecule is CCCCOc1ccc2c(c1)CC[C@@H](c1ccccc1)[C@H]2c1ccc(OCCCBr)cc1. The van der Waals surface area contributed by atoms with Crippen molar-refractivity contribution in [2.45, 2.75) is 50.9 Å². The molecule has 32 heavy (non-hydrogen) atoms. The summed E-state index contributed by atoms with van der Waals surface area (Å²) in [6.45, 7) is 3.73. The highest BCUT2D eigenvalue weighted by molar-refractivity contribution is 9.09. The fourth-order valence-corrected chi connectivity index (χ4v) is 4.94. The lowest BCUT2D eigenvalue weighted by molar-refractivity contribution is 0.308. The van der Waals surface area contributed by atoms with E-state index in [4.69, 9.17) is 9.47 Å². The van der Waals surface area contributed by atoms with E-state index in [2.05, 4.69) is 95.7 Å². The van der Waals surface area contributed by atoms with E-state index in [1.165, 1.54) is 22.3 Å². The summed E-state index contributed by atoms with van der Waals surface area (Å²) < 4.78 is 11.9. The first-order valence-corrected chi connectivity index (χ1v) is 13.0. The minimum atomic E-state index is 0.336. The molecule has 3 aromatic carbocycles. The van der Waals surface area contributed by atoms with Crippen LogP contribution >= 0.6 is 15.9 Å². The highest BCUT2D eigenvalue weighted by atomic mass is 79.9. The maximum Gasteiger partial charge on any atom is 0.119 e. The highest BCUT2D eigenvalue weighted by Crippen LogP contribution is 2.47. The second-order valence-corrected chi connectivity index (χ2v) is 9.35. The van der Waals surface area contributed by atoms with Gasteiger partial charge in [0.2, 0.25) is 0 Å². The fraction of sp³-hybridized carbons (Fsp3) is 0.379. The van der Waals surface area contributed by atoms with Crippen LogP contribution < -0.4 is 9.47 Å². The molecule has 0 bridgehead atoms. The van der Waals surface area contributed by atoms with E-state index in [1.54, 1.807) is 0 Å². The molecule has 0 N–H and O–H groups in total. The Bertz CT molecular complexity index is 968. The summed E-state index contributed by atoms with van der Waals surface area (Å²) in [4.78, 5) is 0. The zero-order chi connectivity index (χ0) is 22.2. The number of benzene rings is 3. The van der Waals surface area contributed by atoms with E-state index < -0.39 is 0 Å². The Morgan fingerprint density at radius 2 is 1.53 bits per heavy atom. The summed E-state index contributed by atoms with van der Waals surface area (Å²) in [7, 11) is 0. The molecule has 0 radical (unpaired) electrons. The summed E-state index contributed by atoms with van der Waals surface area (Å²) in [6, 6.07) is 26.5. The van der Waals surface area contributed by atoms with Crippen LogP contribution in [-0.4, -0.2) is 18.5 Å². The Balaban J connectivity index is 1.64. The maximum absolute atomic E-state index is 6.01. The average molecular weight is 493 g/mol. The Hall–Kier alpha value is -2.26. The molecule has 2 nitrogen and oxygen atoms in total. The molecule has 0 aromatic heterocycles. The van der Waals surface area contributed by atoms with Gasteiger partial charge in [0.05, 0.1) is 13.2 Å². The van der Waals surface area contributed by atoms with Crippen molar-refractivity contribution in [3.8, 4) is 11.5 Å². The van der Waals surface area contributed by atoms with E-state index in [1.807, 2.05) is 0 Å². The molecular formula is C29H33BrO2. The quantitative estimate of drug-likeness (QED) is 0.211. The summed E-state index contributed by atoms with van der Waals surface area (Å²) in [5.74, 6) is 2.75. The van der Waals surface area contributed by atoms with E-state index in [0.717, 1.165) is 62.1 Å². The van der Waals surface area contributed by atoms with Crippen LogP contribution in [0.1, 0.15) is 66.7 Å². The van der Waals surface area contributed by atoms with Gasteiger partial charge in [-0.1, -0.05) is 77.8 Å². The first-order valence-electron chi connectivity index (χ1n) is 11.9. The molecule has 0 unspecified atom stereocenters. The molecule has 0 saturated heterocycles. The number of rotatable bonds is 10. The third-order valence-electron chi connectivity index (χ3n) is 6.36. The van der Waals surface area contributed by atoms with Crippen LogP contribution in [0.15, 0.2) is 72.8 Å². The molecule has 0 saturated carbocycles. The Morgan fingerprint density at radius 3 is 2.28 bits per heavy atom. The first kappa shape index (κ1) is 22.9. The second-order valence-electron chi connectivity index (χ2n) is 8.56. The third-order valence-corrected chi connectivity index (χ3v) is 6.92. The lowest BCUT2D eigenvalue weighted by Gasteiger charge is -2.35. The highest BCUT2D eigenvalue weighted by Gasteiger charge is 2.32. The van der Waals surface area contributed by atoms with Crippen LogP contribution in [0, 0.1) is 0 Å². The first-order chi connectivity index (χ1) is 15.8. The molecule has 4 rings (SSSR count). The largest absolute Gasteiger partial charge is 0.494 e. The van der Waals surface area contributed by atoms with Crippen molar-refractivity contribution in [1.29, 1.82) is 0 Å². The predicted molar refractivity (Wildman–Crippen MR) is 137 cm³/mol. The van der Waals surface area contributed by atoms with Crippen molar-refractivity contribution in [3.63, 3.8) is 0 Å². The van der Waals surface area contributed by atoms with E-state index in [0.29, 0.717) is 11.8 Å². The summed E-state index contributed by atoms with van der Waals surface area (Å²) in [5, 5.41) is 0.965. The number of unbranched alkanes of at least 4 members (excludes halogenated alkanes) is 1. The van der Waals surface area contributed by atoms with E-state index in [-0.39, 0.29) is 0 Å². The Morgan fingerprint density at radius 1 is 0.812 bits per heavy atom. The van der Waals surface area contributed by atoms with Gasteiger partial charge in [-0.2, -0.15) is 0 Å². The summed E-state index contributed by atoms with van der Waals surface area (Å²) in [6.07, 6.45) is 5.49. The van der Waals surface area contributed by atoms with Gasteiger partial charge >= 0.3 is 0 Å². The topological polar surface area (TPSA) is 18.5 Å². The van der Waals surface area contributed by atoms with Crippen molar-refractivity contribution in [2.75, 3.05) is 18.5 Å². The number of hydrogen-bond donors (Lipinski definition) is 0. The van der Waals surface area contributed by atoms with Gasteiger partial charge in [-0.3, -0.25) is 0 Å². The molecule has 3 aromatic rings. The molecular weight excluding hydrogens is 460 g/mol. The lowest BCUT2D eigenvalue weighted by Crippen LogP contribution is -2.20. The van der Waals surface area contributed by atoms with Crippen molar-refractivity contribution in [3.05, 3.63) is 95.1 Å². The number of aryl methyl sites for hydroxylation is 1. The van der Waals surface area contributed by atoms with Crippen LogP contribution in [0.4, 0.5) is 0 Å². The van der Waals surface area contributed by atoms with Gasteiger partial charge in [-0.25, -0.2) is 0 Å². The molecule has 0 fully saturated rings. The zero-order valence-electron chi connectivity index (χ0n) is 18.9. The molecule has 3 heteroatoms. The molecule has 0 spiro atoms. The molecule has 1 aliphatic rings. The van der Waals surface area contributed by atoms with Gasteiger partial charge in [0.25, 0.3) is 0 Å². The monoisotopic (exact) mass is 492 g/mol. The van der Waals surface area contributed by atoms with Crippen molar-refractivity contribution in [2.24, 2.45) is 0 Å². The molecule has 0 heterocycles. The maximum atomic E-state index is 6.01. The van der Waals surface area contributed by atoms with Crippen molar-refractivity contribution in [1.82, 2.24) is 0 Å². The molecule has 2 atom stereocenters. The van der Waals surface area contributed by atoms with Gasteiger partial charge in [0, 0.05) is 11.2 Å². The van der Waals surface area contributed by atoms with Crippen molar-refractivity contribution >= 4 is 15.9 Å². The van der Waals surface area contributed by atoms with Gasteiger partial charge in [0.1, 0.15) is 11.5 Å². The minimum Gasteiger partial charge on any atom is -0.494 e. The Kier molecular flexibility index (Phi) is 8.28. The number of alkyl halides is 1. The number of halogens is 1. The molecule has 168 valence electrons.